The maximum atomic E-state index is 11.6. The fraction of sp³-hybridized carbons (Fsp3) is 0.381. The zero-order chi connectivity index (χ0) is 20.0. The second-order valence-electron chi connectivity index (χ2n) is 7.78. The number of imidazole rings is 1. The van der Waals surface area contributed by atoms with Gasteiger partial charge in [-0.2, -0.15) is 0 Å². The van der Waals surface area contributed by atoms with E-state index in [9.17, 15) is 9.90 Å². The van der Waals surface area contributed by atoms with Gasteiger partial charge >= 0.3 is 6.09 Å². The fourth-order valence-electron chi connectivity index (χ4n) is 4.69. The van der Waals surface area contributed by atoms with E-state index in [-0.39, 0.29) is 6.04 Å². The molecule has 3 aromatic heterocycles. The molecule has 0 aliphatic carbocycles. The highest BCUT2D eigenvalue weighted by Crippen LogP contribution is 2.32. The first-order chi connectivity index (χ1) is 14.1. The van der Waals surface area contributed by atoms with Crippen LogP contribution in [0.5, 0.6) is 0 Å². The number of halogens is 1. The van der Waals surface area contributed by atoms with Gasteiger partial charge in [-0.15, -0.1) is 0 Å². The van der Waals surface area contributed by atoms with Crippen LogP contribution in [0.15, 0.2) is 42.7 Å². The maximum absolute atomic E-state index is 11.6. The van der Waals surface area contributed by atoms with Crippen LogP contribution in [0, 0.1) is 0 Å². The van der Waals surface area contributed by atoms with Gasteiger partial charge < -0.3 is 14.4 Å². The van der Waals surface area contributed by atoms with E-state index in [1.807, 2.05) is 36.5 Å². The SMILES string of the molecule is O=C(O)N1CCC2CCC1CN2Cc1c(-c2ccc(Cl)cn2)nc2ccccn12. The number of carbonyl (C=O) groups is 1. The van der Waals surface area contributed by atoms with Gasteiger partial charge in [0.1, 0.15) is 11.3 Å². The standard InChI is InChI=1S/C21H22ClN5O2/c22-14-4-7-17(23-11-14)20-18(27-9-2-1-3-19(27)24-20)13-25-12-16-6-5-15(25)8-10-26(16)21(28)29/h1-4,7,9,11,15-16H,5-6,8,10,12-13H2,(H,28,29). The van der Waals surface area contributed by atoms with Crippen LogP contribution in [0.1, 0.15) is 25.0 Å². The lowest BCUT2D eigenvalue weighted by molar-refractivity contribution is 0.0899. The molecule has 3 fully saturated rings. The number of piperidine rings is 1. The molecule has 6 heterocycles. The molecule has 7 nitrogen and oxygen atoms in total. The number of pyridine rings is 2. The van der Waals surface area contributed by atoms with Crippen LogP contribution in [0.4, 0.5) is 4.79 Å². The van der Waals surface area contributed by atoms with E-state index in [2.05, 4.69) is 14.3 Å². The number of fused-ring (bicyclic) bond motifs is 5. The highest BCUT2D eigenvalue weighted by molar-refractivity contribution is 6.30. The van der Waals surface area contributed by atoms with Gasteiger partial charge in [0.15, 0.2) is 0 Å². The lowest BCUT2D eigenvalue weighted by Crippen LogP contribution is -2.48. The van der Waals surface area contributed by atoms with E-state index in [4.69, 9.17) is 16.6 Å². The zero-order valence-corrected chi connectivity index (χ0v) is 16.7. The molecule has 1 N–H and O–H groups in total. The molecule has 8 heteroatoms. The van der Waals surface area contributed by atoms with Crippen molar-refractivity contribution >= 4 is 23.3 Å². The normalized spacial score (nSPS) is 22.2. The number of carboxylic acid groups (broad SMARTS) is 1. The van der Waals surface area contributed by atoms with Gasteiger partial charge in [-0.3, -0.25) is 9.88 Å². The molecular formula is C21H22ClN5O2. The molecule has 150 valence electrons. The van der Waals surface area contributed by atoms with E-state index in [0.717, 1.165) is 48.5 Å². The summed E-state index contributed by atoms with van der Waals surface area (Å²) >= 11 is 6.02. The average molecular weight is 412 g/mol. The molecule has 3 aliphatic heterocycles. The number of hydrogen-bond acceptors (Lipinski definition) is 4. The molecule has 2 unspecified atom stereocenters. The second kappa shape index (κ2) is 7.31. The van der Waals surface area contributed by atoms with Crippen LogP contribution in [0.3, 0.4) is 0 Å². The van der Waals surface area contributed by atoms with Crippen LogP contribution in [0.2, 0.25) is 5.02 Å². The third kappa shape index (κ3) is 3.34. The molecule has 2 atom stereocenters. The van der Waals surface area contributed by atoms with Gasteiger partial charge in [0.2, 0.25) is 0 Å². The van der Waals surface area contributed by atoms with Crippen molar-refractivity contribution in [2.24, 2.45) is 0 Å². The van der Waals surface area contributed by atoms with E-state index >= 15 is 0 Å². The van der Waals surface area contributed by atoms with E-state index in [1.54, 1.807) is 11.1 Å². The fourth-order valence-corrected chi connectivity index (χ4v) is 4.80. The molecule has 0 spiro atoms. The van der Waals surface area contributed by atoms with Crippen LogP contribution in [-0.4, -0.2) is 60.5 Å². The molecule has 1 amide bonds. The number of nitrogens with zero attached hydrogens (tertiary/aromatic N) is 5. The molecule has 29 heavy (non-hydrogen) atoms. The Labute approximate surface area is 173 Å². The third-order valence-electron chi connectivity index (χ3n) is 6.14. The van der Waals surface area contributed by atoms with Crippen molar-refractivity contribution in [1.82, 2.24) is 24.2 Å². The summed E-state index contributed by atoms with van der Waals surface area (Å²) in [6.45, 7) is 2.07. The van der Waals surface area contributed by atoms with Gasteiger partial charge in [-0.05, 0) is 43.5 Å². The Bertz CT molecular complexity index is 1050. The Morgan fingerprint density at radius 2 is 2.03 bits per heavy atom. The summed E-state index contributed by atoms with van der Waals surface area (Å²) in [4.78, 5) is 25.0. The van der Waals surface area contributed by atoms with Crippen molar-refractivity contribution in [3.63, 3.8) is 0 Å². The number of rotatable bonds is 3. The lowest BCUT2D eigenvalue weighted by Gasteiger charge is -2.37. The summed E-state index contributed by atoms with van der Waals surface area (Å²) in [5, 5.41) is 10.2. The van der Waals surface area contributed by atoms with Crippen molar-refractivity contribution < 1.29 is 9.90 Å². The predicted octanol–water partition coefficient (Wildman–Crippen LogP) is 3.77. The van der Waals surface area contributed by atoms with Crippen molar-refractivity contribution in [1.29, 1.82) is 0 Å². The summed E-state index contributed by atoms with van der Waals surface area (Å²) in [7, 11) is 0. The molecule has 3 aromatic rings. The summed E-state index contributed by atoms with van der Waals surface area (Å²) in [5.74, 6) is 0. The number of hydrogen-bond donors (Lipinski definition) is 1. The monoisotopic (exact) mass is 411 g/mol. The Morgan fingerprint density at radius 1 is 1.17 bits per heavy atom. The third-order valence-corrected chi connectivity index (χ3v) is 6.36. The van der Waals surface area contributed by atoms with Crippen LogP contribution in [-0.2, 0) is 6.54 Å². The highest BCUT2D eigenvalue weighted by Gasteiger charge is 2.38. The summed E-state index contributed by atoms with van der Waals surface area (Å²) in [5.41, 5.74) is 3.59. The molecular weight excluding hydrogens is 390 g/mol. The van der Waals surface area contributed by atoms with Gasteiger partial charge in [-0.25, -0.2) is 9.78 Å². The highest BCUT2D eigenvalue weighted by atomic mass is 35.5. The first kappa shape index (κ1) is 18.4. The van der Waals surface area contributed by atoms with Gasteiger partial charge in [0, 0.05) is 44.1 Å². The minimum atomic E-state index is -0.807. The number of amides is 1. The molecule has 0 saturated carbocycles. The Balaban J connectivity index is 1.52. The van der Waals surface area contributed by atoms with Crippen molar-refractivity contribution in [3.05, 3.63) is 53.4 Å². The molecule has 0 aromatic carbocycles. The smallest absolute Gasteiger partial charge is 0.407 e. The summed E-state index contributed by atoms with van der Waals surface area (Å²) < 4.78 is 2.11. The zero-order valence-electron chi connectivity index (χ0n) is 15.9. The largest absolute Gasteiger partial charge is 0.465 e. The molecule has 3 saturated heterocycles. The number of aromatic nitrogens is 3. The first-order valence-corrected chi connectivity index (χ1v) is 10.3. The first-order valence-electron chi connectivity index (χ1n) is 9.91. The summed E-state index contributed by atoms with van der Waals surface area (Å²) in [6.07, 6.45) is 5.69. The lowest BCUT2D eigenvalue weighted by atomic mass is 9.98. The average Bonchev–Trinajstić information content (AvgIpc) is 2.86. The molecule has 0 radical (unpaired) electrons. The van der Waals surface area contributed by atoms with E-state index < -0.39 is 6.09 Å². The van der Waals surface area contributed by atoms with E-state index in [0.29, 0.717) is 24.2 Å². The van der Waals surface area contributed by atoms with Gasteiger partial charge in [0.25, 0.3) is 0 Å². The quantitative estimate of drug-likeness (QED) is 0.710. The Morgan fingerprint density at radius 3 is 2.83 bits per heavy atom. The summed E-state index contributed by atoms with van der Waals surface area (Å²) in [6, 6.07) is 10.1. The Kier molecular flexibility index (Phi) is 4.64. The maximum Gasteiger partial charge on any atom is 0.407 e. The van der Waals surface area contributed by atoms with Crippen molar-refractivity contribution in [3.8, 4) is 11.4 Å². The van der Waals surface area contributed by atoms with Crippen LogP contribution in [0.25, 0.3) is 17.0 Å². The minimum Gasteiger partial charge on any atom is -0.465 e. The van der Waals surface area contributed by atoms with Gasteiger partial charge in [-0.1, -0.05) is 17.7 Å². The minimum absolute atomic E-state index is 0.0579. The molecule has 6 rings (SSSR count). The van der Waals surface area contributed by atoms with Crippen molar-refractivity contribution in [2.75, 3.05) is 13.1 Å². The molecule has 3 aliphatic rings. The van der Waals surface area contributed by atoms with Gasteiger partial charge in [0.05, 0.1) is 16.4 Å². The topological polar surface area (TPSA) is 74.0 Å². The van der Waals surface area contributed by atoms with Crippen LogP contribution >= 0.6 is 11.6 Å². The van der Waals surface area contributed by atoms with E-state index in [1.165, 1.54) is 0 Å². The molecule has 2 bridgehead atoms. The van der Waals surface area contributed by atoms with Crippen LogP contribution < -0.4 is 0 Å². The predicted molar refractivity (Wildman–Crippen MR) is 110 cm³/mol. The Hall–Kier alpha value is -2.64. The van der Waals surface area contributed by atoms with Crippen molar-refractivity contribution in [2.45, 2.75) is 37.9 Å². The second-order valence-corrected chi connectivity index (χ2v) is 8.21.